The van der Waals surface area contributed by atoms with E-state index in [0.717, 1.165) is 5.39 Å². The molecule has 4 rings (SSSR count). The fourth-order valence-electron chi connectivity index (χ4n) is 3.08. The van der Waals surface area contributed by atoms with Gasteiger partial charge < -0.3 is 5.32 Å². The first-order chi connectivity index (χ1) is 11.9. The van der Waals surface area contributed by atoms with Gasteiger partial charge in [-0.3, -0.25) is 0 Å². The van der Waals surface area contributed by atoms with Crippen LogP contribution >= 0.6 is 27.5 Å². The normalized spacial score (nSPS) is 18.9. The van der Waals surface area contributed by atoms with Crippen LogP contribution in [-0.4, -0.2) is 33.9 Å². The van der Waals surface area contributed by atoms with E-state index >= 15 is 0 Å². The summed E-state index contributed by atoms with van der Waals surface area (Å²) >= 11 is 9.52. The summed E-state index contributed by atoms with van der Waals surface area (Å²) < 4.78 is 27.0. The van der Waals surface area contributed by atoms with Gasteiger partial charge in [-0.1, -0.05) is 11.6 Å². The first-order valence-corrected chi connectivity index (χ1v) is 10.3. The van der Waals surface area contributed by atoms with Gasteiger partial charge in [-0.25, -0.2) is 23.1 Å². The van der Waals surface area contributed by atoms with E-state index in [9.17, 15) is 8.42 Å². The zero-order chi connectivity index (χ0) is 17.8. The molecule has 1 aliphatic rings. The van der Waals surface area contributed by atoms with Gasteiger partial charge in [0.1, 0.15) is 16.7 Å². The Hall–Kier alpha value is -1.71. The lowest BCUT2D eigenvalue weighted by molar-refractivity contribution is 0.576. The second kappa shape index (κ2) is 5.93. The van der Waals surface area contributed by atoms with E-state index in [0.29, 0.717) is 38.0 Å². The van der Waals surface area contributed by atoms with Crippen LogP contribution < -0.4 is 5.32 Å². The van der Waals surface area contributed by atoms with Gasteiger partial charge in [-0.15, -0.1) is 0 Å². The molecule has 25 heavy (non-hydrogen) atoms. The molecule has 1 N–H and O–H groups in total. The summed E-state index contributed by atoms with van der Waals surface area (Å²) in [6.07, 6.45) is 1.89. The molecule has 0 fully saturated rings. The van der Waals surface area contributed by atoms with Gasteiger partial charge in [0.25, 0.3) is 0 Å². The number of hydrogen-bond donors (Lipinski definition) is 1. The van der Waals surface area contributed by atoms with E-state index in [4.69, 9.17) is 11.6 Å². The van der Waals surface area contributed by atoms with Crippen LogP contribution in [0.15, 0.2) is 34.0 Å². The zero-order valence-corrected chi connectivity index (χ0v) is 16.2. The van der Waals surface area contributed by atoms with Gasteiger partial charge in [0, 0.05) is 12.1 Å². The Balaban J connectivity index is 1.82. The molecular formula is C15H13BrClN5O2S. The molecule has 0 radical (unpaired) electrons. The predicted octanol–water partition coefficient (Wildman–Crippen LogP) is 3.11. The minimum absolute atomic E-state index is 0.0712. The summed E-state index contributed by atoms with van der Waals surface area (Å²) in [7, 11) is -1.49. The Kier molecular flexibility index (Phi) is 3.97. The molecule has 2 aromatic heterocycles. The van der Waals surface area contributed by atoms with Gasteiger partial charge in [0.15, 0.2) is 15.5 Å². The Labute approximate surface area is 157 Å². The topological polar surface area (TPSA) is 89.8 Å². The summed E-state index contributed by atoms with van der Waals surface area (Å²) in [5.74, 6) is 0.669. The summed E-state index contributed by atoms with van der Waals surface area (Å²) in [6, 6.07) is 4.64. The lowest BCUT2D eigenvalue weighted by Gasteiger charge is -2.27. The van der Waals surface area contributed by atoms with Crippen LogP contribution in [0.3, 0.4) is 0 Å². The summed E-state index contributed by atoms with van der Waals surface area (Å²) in [5, 5.41) is 8.89. The number of anilines is 1. The number of nitrogens with zero attached hydrogens (tertiary/aromatic N) is 4. The van der Waals surface area contributed by atoms with Gasteiger partial charge in [-0.2, -0.15) is 5.10 Å². The highest BCUT2D eigenvalue weighted by Gasteiger charge is 2.31. The predicted molar refractivity (Wildman–Crippen MR) is 98.5 cm³/mol. The Morgan fingerprint density at radius 3 is 2.96 bits per heavy atom. The molecule has 10 heteroatoms. The SMILES string of the molecule is Cn1nc(Br)c2c(N[C@@H]3CCS(=O)(=O)c4ccc(Cl)cc43)ncnc21. The molecule has 1 aliphatic heterocycles. The number of halogens is 2. The van der Waals surface area contributed by atoms with E-state index in [-0.39, 0.29) is 11.8 Å². The molecule has 3 aromatic rings. The highest BCUT2D eigenvalue weighted by molar-refractivity contribution is 9.10. The summed E-state index contributed by atoms with van der Waals surface area (Å²) in [6.45, 7) is 0. The van der Waals surface area contributed by atoms with Gasteiger partial charge >= 0.3 is 0 Å². The van der Waals surface area contributed by atoms with Crippen molar-refractivity contribution in [3.05, 3.63) is 39.7 Å². The molecule has 1 atom stereocenters. The van der Waals surface area contributed by atoms with Gasteiger partial charge in [0.2, 0.25) is 0 Å². The smallest absolute Gasteiger partial charge is 0.178 e. The quantitative estimate of drug-likeness (QED) is 0.656. The Morgan fingerprint density at radius 2 is 2.16 bits per heavy atom. The third-order valence-corrected chi connectivity index (χ3v) is 6.85. The lowest BCUT2D eigenvalue weighted by atomic mass is 10.0. The standard InChI is InChI=1S/C15H13BrClN5O2S/c1-22-15-12(13(16)21-22)14(18-7-19-15)20-10-4-5-25(23,24)11-3-2-8(17)6-9(10)11/h2-3,6-7,10H,4-5H2,1H3,(H,18,19,20)/t10-/m1/s1. The molecule has 0 saturated heterocycles. The number of aromatic nitrogens is 4. The van der Waals surface area contributed by atoms with Crippen LogP contribution in [0.1, 0.15) is 18.0 Å². The number of sulfone groups is 1. The average molecular weight is 443 g/mol. The highest BCUT2D eigenvalue weighted by atomic mass is 79.9. The molecule has 7 nitrogen and oxygen atoms in total. The van der Waals surface area contributed by atoms with Crippen LogP contribution in [-0.2, 0) is 16.9 Å². The molecule has 0 spiro atoms. The van der Waals surface area contributed by atoms with E-state index in [1.807, 2.05) is 0 Å². The van der Waals surface area contributed by atoms with E-state index in [1.165, 1.54) is 6.33 Å². The molecule has 0 bridgehead atoms. The lowest BCUT2D eigenvalue weighted by Crippen LogP contribution is -2.25. The first-order valence-electron chi connectivity index (χ1n) is 7.49. The molecule has 0 saturated carbocycles. The average Bonchev–Trinajstić information content (AvgIpc) is 2.85. The molecule has 0 aliphatic carbocycles. The highest BCUT2D eigenvalue weighted by Crippen LogP contribution is 2.37. The van der Waals surface area contributed by atoms with E-state index in [1.54, 1.807) is 29.9 Å². The maximum Gasteiger partial charge on any atom is 0.178 e. The Bertz CT molecular complexity index is 1100. The third kappa shape index (κ3) is 2.80. The van der Waals surface area contributed by atoms with E-state index < -0.39 is 9.84 Å². The van der Waals surface area contributed by atoms with Crippen molar-refractivity contribution in [3.8, 4) is 0 Å². The van der Waals surface area contributed by atoms with Crippen molar-refractivity contribution in [1.82, 2.24) is 19.7 Å². The molecule has 0 unspecified atom stereocenters. The van der Waals surface area contributed by atoms with Gasteiger partial charge in [0.05, 0.1) is 22.1 Å². The minimum atomic E-state index is -3.29. The third-order valence-electron chi connectivity index (χ3n) is 4.25. The van der Waals surface area contributed by atoms with Crippen LogP contribution in [0.25, 0.3) is 11.0 Å². The number of nitrogens with one attached hydrogen (secondary N) is 1. The minimum Gasteiger partial charge on any atom is -0.362 e. The first kappa shape index (κ1) is 16.7. The Morgan fingerprint density at radius 1 is 1.36 bits per heavy atom. The van der Waals surface area contributed by atoms with Crippen LogP contribution in [0.5, 0.6) is 0 Å². The molecule has 3 heterocycles. The maximum atomic E-state index is 12.3. The molecular weight excluding hydrogens is 430 g/mol. The fourth-order valence-corrected chi connectivity index (χ4v) is 5.46. The number of rotatable bonds is 2. The van der Waals surface area contributed by atoms with Crippen LogP contribution in [0.4, 0.5) is 5.82 Å². The fraction of sp³-hybridized carbons (Fsp3) is 0.267. The molecule has 1 aromatic carbocycles. The number of aryl methyl sites for hydroxylation is 1. The van der Waals surface area contributed by atoms with Gasteiger partial charge in [-0.05, 0) is 46.1 Å². The van der Waals surface area contributed by atoms with Crippen molar-refractivity contribution in [2.75, 3.05) is 11.1 Å². The van der Waals surface area contributed by atoms with Crippen molar-refractivity contribution in [3.63, 3.8) is 0 Å². The van der Waals surface area contributed by atoms with E-state index in [2.05, 4.69) is 36.3 Å². The van der Waals surface area contributed by atoms with Crippen molar-refractivity contribution in [2.45, 2.75) is 17.4 Å². The number of fused-ring (bicyclic) bond motifs is 2. The van der Waals surface area contributed by atoms with Crippen molar-refractivity contribution >= 4 is 54.2 Å². The number of hydrogen-bond acceptors (Lipinski definition) is 6. The van der Waals surface area contributed by atoms with Crippen LogP contribution in [0, 0.1) is 0 Å². The molecule has 130 valence electrons. The monoisotopic (exact) mass is 441 g/mol. The zero-order valence-electron chi connectivity index (χ0n) is 13.1. The van der Waals surface area contributed by atoms with Crippen molar-refractivity contribution in [2.24, 2.45) is 7.05 Å². The van der Waals surface area contributed by atoms with Crippen molar-refractivity contribution < 1.29 is 8.42 Å². The van der Waals surface area contributed by atoms with Crippen molar-refractivity contribution in [1.29, 1.82) is 0 Å². The second-order valence-corrected chi connectivity index (χ2v) is 9.09. The van der Waals surface area contributed by atoms with Crippen LogP contribution in [0.2, 0.25) is 5.02 Å². The largest absolute Gasteiger partial charge is 0.362 e. The second-order valence-electron chi connectivity index (χ2n) is 5.82. The maximum absolute atomic E-state index is 12.3. The summed E-state index contributed by atoms with van der Waals surface area (Å²) in [4.78, 5) is 8.87. The molecule has 0 amide bonds. The number of benzene rings is 1. The summed E-state index contributed by atoms with van der Waals surface area (Å²) in [5.41, 5.74) is 1.34.